The highest BCUT2D eigenvalue weighted by atomic mass is 16.3. The number of amides is 1. The summed E-state index contributed by atoms with van der Waals surface area (Å²) in [6.07, 6.45) is 4.56. The summed E-state index contributed by atoms with van der Waals surface area (Å²) in [5.74, 6) is -0.138. The Hall–Kier alpha value is -0.870. The summed E-state index contributed by atoms with van der Waals surface area (Å²) in [6.45, 7) is 3.60. The van der Waals surface area contributed by atoms with Gasteiger partial charge in [-0.1, -0.05) is 26.0 Å². The van der Waals surface area contributed by atoms with Gasteiger partial charge in [0.2, 0.25) is 5.91 Å². The first-order valence-electron chi connectivity index (χ1n) is 5.40. The van der Waals surface area contributed by atoms with Crippen molar-refractivity contribution >= 4 is 5.91 Å². The average molecular weight is 215 g/mol. The zero-order valence-electron chi connectivity index (χ0n) is 9.44. The molecule has 4 heteroatoms. The van der Waals surface area contributed by atoms with Gasteiger partial charge in [0, 0.05) is 6.42 Å². The van der Waals surface area contributed by atoms with Crippen LogP contribution in [0.3, 0.4) is 0 Å². The molecule has 0 saturated carbocycles. The Morgan fingerprint density at radius 3 is 2.60 bits per heavy atom. The Balaban J connectivity index is 4.11. The molecule has 0 bridgehead atoms. The largest absolute Gasteiger partial charge is 0.394 e. The molecule has 3 N–H and O–H groups in total. The molecule has 0 aliphatic carbocycles. The number of carbonyl (C=O) groups is 1. The van der Waals surface area contributed by atoms with E-state index in [-0.39, 0.29) is 12.5 Å². The second kappa shape index (κ2) is 8.44. The summed E-state index contributed by atoms with van der Waals surface area (Å²) < 4.78 is 0. The van der Waals surface area contributed by atoms with Crippen LogP contribution in [-0.2, 0) is 4.79 Å². The summed E-state index contributed by atoms with van der Waals surface area (Å²) >= 11 is 0. The van der Waals surface area contributed by atoms with Gasteiger partial charge in [0.25, 0.3) is 0 Å². The Kier molecular flexibility index (Phi) is 7.95. The van der Waals surface area contributed by atoms with Crippen molar-refractivity contribution in [2.24, 2.45) is 0 Å². The number of hydrogen-bond acceptors (Lipinski definition) is 3. The lowest BCUT2D eigenvalue weighted by atomic mass is 10.1. The van der Waals surface area contributed by atoms with Crippen LogP contribution in [0.2, 0.25) is 0 Å². The third kappa shape index (κ3) is 6.25. The van der Waals surface area contributed by atoms with E-state index in [1.807, 2.05) is 13.8 Å². The van der Waals surface area contributed by atoms with Gasteiger partial charge in [-0.25, -0.2) is 0 Å². The molecule has 0 spiro atoms. The van der Waals surface area contributed by atoms with E-state index in [2.05, 4.69) is 5.32 Å². The molecule has 0 aliphatic heterocycles. The standard InChI is InChI=1S/C11H21NO3/c1-3-5-7-10(14)9(8-13)12-11(15)6-4-2/h5,7,9-10,13-14H,3-4,6,8H2,1-2H3,(H,12,15)/t9-,10?/m0/s1. The van der Waals surface area contributed by atoms with Crippen molar-refractivity contribution in [3.63, 3.8) is 0 Å². The average Bonchev–Trinajstić information content (AvgIpc) is 2.22. The number of nitrogens with one attached hydrogen (secondary N) is 1. The number of hydrogen-bond donors (Lipinski definition) is 3. The lowest BCUT2D eigenvalue weighted by Crippen LogP contribution is -2.45. The first-order chi connectivity index (χ1) is 7.15. The molecule has 0 aliphatic rings. The van der Waals surface area contributed by atoms with E-state index in [4.69, 9.17) is 5.11 Å². The lowest BCUT2D eigenvalue weighted by molar-refractivity contribution is -0.122. The van der Waals surface area contributed by atoms with Crippen LogP contribution in [0.25, 0.3) is 0 Å². The fraction of sp³-hybridized carbons (Fsp3) is 0.727. The molecule has 1 unspecified atom stereocenters. The van der Waals surface area contributed by atoms with E-state index in [1.165, 1.54) is 0 Å². The summed E-state index contributed by atoms with van der Waals surface area (Å²) in [7, 11) is 0. The molecule has 0 aromatic carbocycles. The molecular formula is C11H21NO3. The highest BCUT2D eigenvalue weighted by molar-refractivity contribution is 5.76. The van der Waals surface area contributed by atoms with Gasteiger partial charge in [-0.15, -0.1) is 0 Å². The molecule has 2 atom stereocenters. The van der Waals surface area contributed by atoms with Crippen LogP contribution in [0, 0.1) is 0 Å². The maximum absolute atomic E-state index is 11.2. The quantitative estimate of drug-likeness (QED) is 0.544. The molecule has 0 fully saturated rings. The number of carbonyl (C=O) groups excluding carboxylic acids is 1. The monoisotopic (exact) mass is 215 g/mol. The Labute approximate surface area is 91.0 Å². The predicted octanol–water partition coefficient (Wildman–Crippen LogP) is 0.591. The first-order valence-corrected chi connectivity index (χ1v) is 5.40. The van der Waals surface area contributed by atoms with Crippen molar-refractivity contribution < 1.29 is 15.0 Å². The fourth-order valence-electron chi connectivity index (χ4n) is 1.15. The summed E-state index contributed by atoms with van der Waals surface area (Å²) in [6, 6.07) is -0.605. The van der Waals surface area contributed by atoms with Gasteiger partial charge in [0.1, 0.15) is 0 Å². The van der Waals surface area contributed by atoms with Crippen LogP contribution in [-0.4, -0.2) is 34.9 Å². The maximum atomic E-state index is 11.2. The van der Waals surface area contributed by atoms with Crippen molar-refractivity contribution in [1.82, 2.24) is 5.32 Å². The summed E-state index contributed by atoms with van der Waals surface area (Å²) in [5, 5.41) is 21.2. The highest BCUT2D eigenvalue weighted by Gasteiger charge is 2.17. The van der Waals surface area contributed by atoms with E-state index < -0.39 is 12.1 Å². The van der Waals surface area contributed by atoms with Crippen molar-refractivity contribution in [3.05, 3.63) is 12.2 Å². The SMILES string of the molecule is CCC=CC(O)[C@H](CO)NC(=O)CCC. The van der Waals surface area contributed by atoms with Gasteiger partial charge in [-0.2, -0.15) is 0 Å². The minimum Gasteiger partial charge on any atom is -0.394 e. The molecule has 0 saturated heterocycles. The van der Waals surface area contributed by atoms with Crippen LogP contribution in [0.4, 0.5) is 0 Å². The van der Waals surface area contributed by atoms with E-state index in [1.54, 1.807) is 12.2 Å². The predicted molar refractivity (Wildman–Crippen MR) is 59.4 cm³/mol. The normalized spacial score (nSPS) is 15.2. The van der Waals surface area contributed by atoms with Gasteiger partial charge < -0.3 is 15.5 Å². The summed E-state index contributed by atoms with van der Waals surface area (Å²) in [5.41, 5.74) is 0. The third-order valence-corrected chi connectivity index (χ3v) is 2.00. The van der Waals surface area contributed by atoms with Gasteiger partial charge in [-0.05, 0) is 12.8 Å². The van der Waals surface area contributed by atoms with Crippen molar-refractivity contribution in [2.45, 2.75) is 45.3 Å². The second-order valence-corrected chi connectivity index (χ2v) is 3.43. The van der Waals surface area contributed by atoms with Crippen LogP contribution in [0.5, 0.6) is 0 Å². The van der Waals surface area contributed by atoms with E-state index >= 15 is 0 Å². The Bertz CT molecular complexity index is 204. The molecule has 0 radical (unpaired) electrons. The van der Waals surface area contributed by atoms with Crippen LogP contribution in [0.1, 0.15) is 33.1 Å². The van der Waals surface area contributed by atoms with Crippen molar-refractivity contribution in [2.75, 3.05) is 6.61 Å². The molecule has 0 aromatic rings. The molecule has 0 aromatic heterocycles. The lowest BCUT2D eigenvalue weighted by Gasteiger charge is -2.19. The first kappa shape index (κ1) is 14.1. The van der Waals surface area contributed by atoms with Gasteiger partial charge in [0.05, 0.1) is 18.8 Å². The summed E-state index contributed by atoms with van der Waals surface area (Å²) in [4.78, 5) is 11.2. The fourth-order valence-corrected chi connectivity index (χ4v) is 1.15. The molecule has 0 rings (SSSR count). The smallest absolute Gasteiger partial charge is 0.220 e. The molecule has 4 nitrogen and oxygen atoms in total. The maximum Gasteiger partial charge on any atom is 0.220 e. The molecule has 15 heavy (non-hydrogen) atoms. The van der Waals surface area contributed by atoms with Crippen LogP contribution in [0.15, 0.2) is 12.2 Å². The van der Waals surface area contributed by atoms with Crippen molar-refractivity contribution in [1.29, 1.82) is 0 Å². The number of aliphatic hydroxyl groups excluding tert-OH is 2. The second-order valence-electron chi connectivity index (χ2n) is 3.43. The molecular weight excluding hydrogens is 194 g/mol. The van der Waals surface area contributed by atoms with Gasteiger partial charge in [-0.3, -0.25) is 4.79 Å². The molecule has 88 valence electrons. The van der Waals surface area contributed by atoms with E-state index in [0.29, 0.717) is 6.42 Å². The molecule has 0 heterocycles. The number of rotatable bonds is 7. The van der Waals surface area contributed by atoms with Gasteiger partial charge in [0.15, 0.2) is 0 Å². The zero-order chi connectivity index (χ0) is 11.7. The number of aliphatic hydroxyl groups is 2. The van der Waals surface area contributed by atoms with Gasteiger partial charge >= 0.3 is 0 Å². The minimum atomic E-state index is -0.823. The van der Waals surface area contributed by atoms with Crippen LogP contribution >= 0.6 is 0 Å². The van der Waals surface area contributed by atoms with E-state index in [0.717, 1.165) is 12.8 Å². The van der Waals surface area contributed by atoms with Crippen LogP contribution < -0.4 is 5.32 Å². The van der Waals surface area contributed by atoms with Crippen molar-refractivity contribution in [3.8, 4) is 0 Å². The Morgan fingerprint density at radius 2 is 2.13 bits per heavy atom. The van der Waals surface area contributed by atoms with E-state index in [9.17, 15) is 9.90 Å². The Morgan fingerprint density at radius 1 is 1.47 bits per heavy atom. The third-order valence-electron chi connectivity index (χ3n) is 2.00. The topological polar surface area (TPSA) is 69.6 Å². The number of allylic oxidation sites excluding steroid dienone is 1. The zero-order valence-corrected chi connectivity index (χ0v) is 9.44. The highest BCUT2D eigenvalue weighted by Crippen LogP contribution is 1.98. The minimum absolute atomic E-state index is 0.138. The molecule has 1 amide bonds.